The lowest BCUT2D eigenvalue weighted by atomic mass is 10.1. The van der Waals surface area contributed by atoms with Crippen molar-refractivity contribution in [2.45, 2.75) is 58.6 Å². The van der Waals surface area contributed by atoms with Gasteiger partial charge in [0.25, 0.3) is 5.91 Å². The predicted octanol–water partition coefficient (Wildman–Crippen LogP) is 3.13. The normalized spacial score (nSPS) is 17.2. The van der Waals surface area contributed by atoms with E-state index in [0.29, 0.717) is 6.04 Å². The number of rotatable bonds is 4. The summed E-state index contributed by atoms with van der Waals surface area (Å²) in [6.45, 7) is 5.86. The highest BCUT2D eigenvalue weighted by atomic mass is 16.5. The van der Waals surface area contributed by atoms with Crippen LogP contribution in [0.1, 0.15) is 43.7 Å². The van der Waals surface area contributed by atoms with Gasteiger partial charge in [0.1, 0.15) is 5.75 Å². The topological polar surface area (TPSA) is 38.3 Å². The fraction of sp³-hybridized carbons (Fsp3) is 0.562. The third-order valence-corrected chi connectivity index (χ3v) is 3.70. The lowest BCUT2D eigenvalue weighted by Crippen LogP contribution is -2.41. The summed E-state index contributed by atoms with van der Waals surface area (Å²) >= 11 is 0. The predicted molar refractivity (Wildman–Crippen MR) is 76.4 cm³/mol. The molecule has 0 unspecified atom stereocenters. The van der Waals surface area contributed by atoms with Crippen molar-refractivity contribution in [3.8, 4) is 5.75 Å². The van der Waals surface area contributed by atoms with Gasteiger partial charge in [0.05, 0.1) is 0 Å². The first-order valence-corrected chi connectivity index (χ1v) is 7.10. The van der Waals surface area contributed by atoms with E-state index in [2.05, 4.69) is 11.4 Å². The Balaban J connectivity index is 1.92. The highest BCUT2D eigenvalue weighted by Gasteiger charge is 2.21. The quantitative estimate of drug-likeness (QED) is 0.904. The maximum atomic E-state index is 12.0. The van der Waals surface area contributed by atoms with E-state index in [0.717, 1.165) is 24.2 Å². The Hall–Kier alpha value is -1.51. The van der Waals surface area contributed by atoms with Gasteiger partial charge in [-0.1, -0.05) is 30.5 Å². The molecule has 19 heavy (non-hydrogen) atoms. The van der Waals surface area contributed by atoms with Crippen molar-refractivity contribution < 1.29 is 9.53 Å². The number of aryl methyl sites for hydroxylation is 2. The smallest absolute Gasteiger partial charge is 0.260 e. The third-order valence-electron chi connectivity index (χ3n) is 3.70. The van der Waals surface area contributed by atoms with Crippen LogP contribution >= 0.6 is 0 Å². The Kier molecular flexibility index (Phi) is 4.46. The number of benzene rings is 1. The minimum atomic E-state index is -0.443. The fourth-order valence-electron chi connectivity index (χ4n) is 2.56. The second kappa shape index (κ2) is 6.09. The van der Waals surface area contributed by atoms with Crippen LogP contribution in [0.4, 0.5) is 0 Å². The highest BCUT2D eigenvalue weighted by Crippen LogP contribution is 2.21. The van der Waals surface area contributed by atoms with Crippen molar-refractivity contribution in [1.82, 2.24) is 5.32 Å². The van der Waals surface area contributed by atoms with Gasteiger partial charge in [-0.3, -0.25) is 4.79 Å². The minimum Gasteiger partial charge on any atom is -0.481 e. The monoisotopic (exact) mass is 261 g/mol. The van der Waals surface area contributed by atoms with Crippen molar-refractivity contribution in [1.29, 1.82) is 0 Å². The highest BCUT2D eigenvalue weighted by molar-refractivity contribution is 5.81. The molecule has 1 aliphatic carbocycles. The summed E-state index contributed by atoms with van der Waals surface area (Å²) in [4.78, 5) is 12.0. The SMILES string of the molecule is Cc1ccc(O[C@@H](C)C(=O)NC2CCCC2)c(C)c1. The van der Waals surface area contributed by atoms with Gasteiger partial charge in [-0.2, -0.15) is 0 Å². The molecule has 2 rings (SSSR count). The zero-order valence-corrected chi connectivity index (χ0v) is 12.0. The molecule has 1 aliphatic rings. The lowest BCUT2D eigenvalue weighted by molar-refractivity contribution is -0.127. The van der Waals surface area contributed by atoms with E-state index in [1.54, 1.807) is 0 Å². The molecule has 104 valence electrons. The molecule has 3 heteroatoms. The maximum absolute atomic E-state index is 12.0. The Labute approximate surface area is 115 Å². The van der Waals surface area contributed by atoms with Crippen LogP contribution < -0.4 is 10.1 Å². The average molecular weight is 261 g/mol. The van der Waals surface area contributed by atoms with Gasteiger partial charge < -0.3 is 10.1 Å². The number of ether oxygens (including phenoxy) is 1. The molecular weight excluding hydrogens is 238 g/mol. The van der Waals surface area contributed by atoms with Crippen LogP contribution in [0.2, 0.25) is 0 Å². The zero-order chi connectivity index (χ0) is 13.8. The van der Waals surface area contributed by atoms with Crippen molar-refractivity contribution in [3.05, 3.63) is 29.3 Å². The largest absolute Gasteiger partial charge is 0.481 e. The number of carbonyl (C=O) groups excluding carboxylic acids is 1. The molecule has 1 amide bonds. The molecule has 1 atom stereocenters. The fourth-order valence-corrected chi connectivity index (χ4v) is 2.56. The van der Waals surface area contributed by atoms with E-state index in [1.807, 2.05) is 32.9 Å². The van der Waals surface area contributed by atoms with Gasteiger partial charge >= 0.3 is 0 Å². The first-order chi connectivity index (χ1) is 9.06. The Morgan fingerprint density at radius 3 is 2.63 bits per heavy atom. The summed E-state index contributed by atoms with van der Waals surface area (Å²) in [6.07, 6.45) is 4.19. The molecule has 0 aliphatic heterocycles. The van der Waals surface area contributed by atoms with Crippen LogP contribution in [0.15, 0.2) is 18.2 Å². The molecule has 1 fully saturated rings. The summed E-state index contributed by atoms with van der Waals surface area (Å²) in [5.41, 5.74) is 2.27. The van der Waals surface area contributed by atoms with Gasteiger partial charge in [0.2, 0.25) is 0 Å². The zero-order valence-electron chi connectivity index (χ0n) is 12.0. The van der Waals surface area contributed by atoms with Crippen LogP contribution in [0.3, 0.4) is 0 Å². The van der Waals surface area contributed by atoms with E-state index in [-0.39, 0.29) is 5.91 Å². The second-order valence-corrected chi connectivity index (χ2v) is 5.52. The molecule has 1 N–H and O–H groups in total. The molecule has 3 nitrogen and oxygen atoms in total. The lowest BCUT2D eigenvalue weighted by Gasteiger charge is -2.19. The van der Waals surface area contributed by atoms with Crippen LogP contribution in [-0.4, -0.2) is 18.1 Å². The summed E-state index contributed by atoms with van der Waals surface area (Å²) in [5.74, 6) is 0.784. The summed E-state index contributed by atoms with van der Waals surface area (Å²) in [7, 11) is 0. The van der Waals surface area contributed by atoms with Gasteiger partial charge in [-0.15, -0.1) is 0 Å². The van der Waals surface area contributed by atoms with E-state index >= 15 is 0 Å². The number of nitrogens with one attached hydrogen (secondary N) is 1. The van der Waals surface area contributed by atoms with Gasteiger partial charge in [-0.25, -0.2) is 0 Å². The number of carbonyl (C=O) groups is 1. The minimum absolute atomic E-state index is 0.00752. The van der Waals surface area contributed by atoms with Crippen LogP contribution in [0.5, 0.6) is 5.75 Å². The van der Waals surface area contributed by atoms with E-state index in [4.69, 9.17) is 4.74 Å². The van der Waals surface area contributed by atoms with Gasteiger partial charge in [0.15, 0.2) is 6.10 Å². The van der Waals surface area contributed by atoms with Gasteiger partial charge in [-0.05, 0) is 45.2 Å². The first kappa shape index (κ1) is 13.9. The number of hydrogen-bond donors (Lipinski definition) is 1. The summed E-state index contributed by atoms with van der Waals surface area (Å²) < 4.78 is 5.76. The van der Waals surface area contributed by atoms with Crippen molar-refractivity contribution in [2.24, 2.45) is 0 Å². The van der Waals surface area contributed by atoms with Crippen molar-refractivity contribution >= 4 is 5.91 Å². The molecule has 0 aromatic heterocycles. The Bertz CT molecular complexity index is 450. The Morgan fingerprint density at radius 2 is 2.00 bits per heavy atom. The Morgan fingerprint density at radius 1 is 1.32 bits per heavy atom. The molecule has 0 heterocycles. The van der Waals surface area contributed by atoms with E-state index < -0.39 is 6.10 Å². The molecule has 0 bridgehead atoms. The third kappa shape index (κ3) is 3.72. The molecule has 1 saturated carbocycles. The van der Waals surface area contributed by atoms with E-state index in [9.17, 15) is 4.79 Å². The molecule has 0 radical (unpaired) electrons. The van der Waals surface area contributed by atoms with Crippen LogP contribution in [0, 0.1) is 13.8 Å². The number of amides is 1. The van der Waals surface area contributed by atoms with Gasteiger partial charge in [0, 0.05) is 6.04 Å². The van der Waals surface area contributed by atoms with Crippen molar-refractivity contribution in [3.63, 3.8) is 0 Å². The molecule has 0 spiro atoms. The summed E-state index contributed by atoms with van der Waals surface area (Å²) in [5, 5.41) is 3.07. The molecule has 1 aromatic carbocycles. The summed E-state index contributed by atoms with van der Waals surface area (Å²) in [6, 6.07) is 6.35. The van der Waals surface area contributed by atoms with Crippen molar-refractivity contribution in [2.75, 3.05) is 0 Å². The van der Waals surface area contributed by atoms with Crippen LogP contribution in [0.25, 0.3) is 0 Å². The molecule has 0 saturated heterocycles. The molecule has 1 aromatic rings. The maximum Gasteiger partial charge on any atom is 0.260 e. The number of hydrogen-bond acceptors (Lipinski definition) is 2. The van der Waals surface area contributed by atoms with Crippen LogP contribution in [-0.2, 0) is 4.79 Å². The molecular formula is C16H23NO2. The second-order valence-electron chi connectivity index (χ2n) is 5.52. The standard InChI is InChI=1S/C16H23NO2/c1-11-8-9-15(12(2)10-11)19-13(3)16(18)17-14-6-4-5-7-14/h8-10,13-14H,4-7H2,1-3H3,(H,17,18)/t13-/m0/s1. The first-order valence-electron chi connectivity index (χ1n) is 7.10. The van der Waals surface area contributed by atoms with E-state index in [1.165, 1.54) is 18.4 Å². The average Bonchev–Trinajstić information content (AvgIpc) is 2.85.